The minimum atomic E-state index is 0.0503. The third kappa shape index (κ3) is 4.00. The molecule has 0 radical (unpaired) electrons. The van der Waals surface area contributed by atoms with Crippen molar-refractivity contribution < 1.29 is 4.79 Å². The molecular formula is C18H22N4OS. The average molecular weight is 342 g/mol. The van der Waals surface area contributed by atoms with E-state index in [9.17, 15) is 4.79 Å². The third-order valence-corrected chi connectivity index (χ3v) is 4.71. The lowest BCUT2D eigenvalue weighted by molar-refractivity contribution is -0.120. The Hall–Kier alpha value is -2.21. The zero-order valence-electron chi connectivity index (χ0n) is 13.8. The summed E-state index contributed by atoms with van der Waals surface area (Å²) in [6.07, 6.45) is 2.66. The highest BCUT2D eigenvalue weighted by Gasteiger charge is 2.25. The SMILES string of the molecule is CCc1ccc(NC(=O)C2CCN(c3ccc(=S)[nH]n3)CC2)cc1. The molecule has 3 rings (SSSR count). The summed E-state index contributed by atoms with van der Waals surface area (Å²) >= 11 is 5.01. The van der Waals surface area contributed by atoms with Gasteiger partial charge in [-0.15, -0.1) is 0 Å². The molecule has 5 nitrogen and oxygen atoms in total. The molecule has 2 heterocycles. The Balaban J connectivity index is 1.54. The van der Waals surface area contributed by atoms with Gasteiger partial charge < -0.3 is 10.2 Å². The first-order valence-electron chi connectivity index (χ1n) is 8.36. The Morgan fingerprint density at radius 2 is 1.96 bits per heavy atom. The molecule has 1 aliphatic heterocycles. The number of piperidine rings is 1. The molecule has 24 heavy (non-hydrogen) atoms. The number of hydrogen-bond donors (Lipinski definition) is 2. The van der Waals surface area contributed by atoms with E-state index in [0.717, 1.165) is 43.9 Å². The maximum absolute atomic E-state index is 12.4. The quantitative estimate of drug-likeness (QED) is 0.834. The second-order valence-electron chi connectivity index (χ2n) is 6.08. The van der Waals surface area contributed by atoms with Crippen LogP contribution in [0.2, 0.25) is 0 Å². The van der Waals surface area contributed by atoms with Crippen molar-refractivity contribution in [2.45, 2.75) is 26.2 Å². The molecule has 1 fully saturated rings. The molecule has 2 N–H and O–H groups in total. The van der Waals surface area contributed by atoms with Crippen LogP contribution in [-0.2, 0) is 11.2 Å². The summed E-state index contributed by atoms with van der Waals surface area (Å²) in [5.74, 6) is 1.05. The number of rotatable bonds is 4. The Kier molecular flexibility index (Phi) is 5.25. The number of amides is 1. The predicted octanol–water partition coefficient (Wildman–Crippen LogP) is 3.56. The molecule has 1 aliphatic rings. The molecule has 0 unspecified atom stereocenters. The van der Waals surface area contributed by atoms with Crippen LogP contribution < -0.4 is 10.2 Å². The molecule has 0 saturated carbocycles. The van der Waals surface area contributed by atoms with Gasteiger partial charge in [0.2, 0.25) is 5.91 Å². The number of carbonyl (C=O) groups excluding carboxylic acids is 1. The van der Waals surface area contributed by atoms with Gasteiger partial charge >= 0.3 is 0 Å². The normalized spacial score (nSPS) is 15.3. The van der Waals surface area contributed by atoms with Crippen LogP contribution >= 0.6 is 12.2 Å². The Morgan fingerprint density at radius 3 is 2.54 bits per heavy atom. The molecule has 1 saturated heterocycles. The van der Waals surface area contributed by atoms with Crippen molar-refractivity contribution >= 4 is 29.6 Å². The van der Waals surface area contributed by atoms with E-state index in [2.05, 4.69) is 39.5 Å². The molecule has 2 aromatic rings. The van der Waals surface area contributed by atoms with Crippen molar-refractivity contribution in [2.24, 2.45) is 5.92 Å². The zero-order valence-corrected chi connectivity index (χ0v) is 14.6. The third-order valence-electron chi connectivity index (χ3n) is 4.48. The molecule has 0 spiro atoms. The van der Waals surface area contributed by atoms with Gasteiger partial charge in [-0.1, -0.05) is 31.3 Å². The summed E-state index contributed by atoms with van der Waals surface area (Å²) in [5.41, 5.74) is 2.15. The van der Waals surface area contributed by atoms with Gasteiger partial charge in [-0.25, -0.2) is 0 Å². The molecule has 0 aliphatic carbocycles. The van der Waals surface area contributed by atoms with E-state index in [1.54, 1.807) is 0 Å². The van der Waals surface area contributed by atoms with Crippen LogP contribution in [0.1, 0.15) is 25.3 Å². The van der Waals surface area contributed by atoms with E-state index < -0.39 is 0 Å². The van der Waals surface area contributed by atoms with Crippen molar-refractivity contribution in [3.05, 3.63) is 46.6 Å². The van der Waals surface area contributed by atoms with Gasteiger partial charge in [0.1, 0.15) is 10.5 Å². The first kappa shape index (κ1) is 16.6. The lowest BCUT2D eigenvalue weighted by Gasteiger charge is -2.31. The monoisotopic (exact) mass is 342 g/mol. The fourth-order valence-corrected chi connectivity index (χ4v) is 3.07. The molecule has 1 aromatic carbocycles. The zero-order chi connectivity index (χ0) is 16.9. The maximum atomic E-state index is 12.4. The Morgan fingerprint density at radius 1 is 1.25 bits per heavy atom. The molecule has 0 atom stereocenters. The van der Waals surface area contributed by atoms with E-state index in [-0.39, 0.29) is 11.8 Å². The minimum Gasteiger partial charge on any atom is -0.355 e. The van der Waals surface area contributed by atoms with Crippen LogP contribution in [0.25, 0.3) is 0 Å². The highest BCUT2D eigenvalue weighted by atomic mass is 32.1. The van der Waals surface area contributed by atoms with Crippen molar-refractivity contribution in [3.63, 3.8) is 0 Å². The number of hydrogen-bond acceptors (Lipinski definition) is 4. The summed E-state index contributed by atoms with van der Waals surface area (Å²) in [4.78, 5) is 14.6. The fraction of sp³-hybridized carbons (Fsp3) is 0.389. The second kappa shape index (κ2) is 7.57. The number of benzene rings is 1. The smallest absolute Gasteiger partial charge is 0.227 e. The Bertz CT molecular complexity index is 728. The summed E-state index contributed by atoms with van der Waals surface area (Å²) in [6.45, 7) is 3.77. The topological polar surface area (TPSA) is 61.0 Å². The van der Waals surface area contributed by atoms with Gasteiger partial charge in [-0.3, -0.25) is 9.89 Å². The van der Waals surface area contributed by atoms with Crippen molar-refractivity contribution in [3.8, 4) is 0 Å². The lowest BCUT2D eigenvalue weighted by atomic mass is 9.95. The highest BCUT2D eigenvalue weighted by Crippen LogP contribution is 2.23. The minimum absolute atomic E-state index is 0.0503. The average Bonchev–Trinajstić information content (AvgIpc) is 2.63. The number of aryl methyl sites for hydroxylation is 1. The molecular weight excluding hydrogens is 320 g/mol. The number of carbonyl (C=O) groups is 1. The summed E-state index contributed by atoms with van der Waals surface area (Å²) in [6, 6.07) is 11.8. The van der Waals surface area contributed by atoms with Crippen LogP contribution in [0.15, 0.2) is 36.4 Å². The number of nitrogens with one attached hydrogen (secondary N) is 2. The molecule has 1 amide bonds. The van der Waals surface area contributed by atoms with Crippen LogP contribution in [0, 0.1) is 10.6 Å². The van der Waals surface area contributed by atoms with Crippen LogP contribution in [0.5, 0.6) is 0 Å². The van der Waals surface area contributed by atoms with Gasteiger partial charge in [0.15, 0.2) is 0 Å². The second-order valence-corrected chi connectivity index (χ2v) is 6.52. The van der Waals surface area contributed by atoms with Gasteiger partial charge in [0.25, 0.3) is 0 Å². The lowest BCUT2D eigenvalue weighted by Crippen LogP contribution is -2.38. The van der Waals surface area contributed by atoms with E-state index in [1.165, 1.54) is 5.56 Å². The number of aromatic nitrogens is 2. The van der Waals surface area contributed by atoms with Gasteiger partial charge in [0.05, 0.1) is 0 Å². The maximum Gasteiger partial charge on any atom is 0.227 e. The number of H-pyrrole nitrogens is 1. The van der Waals surface area contributed by atoms with Crippen molar-refractivity contribution in [1.82, 2.24) is 10.2 Å². The predicted molar refractivity (Wildman–Crippen MR) is 98.8 cm³/mol. The molecule has 0 bridgehead atoms. The van der Waals surface area contributed by atoms with Gasteiger partial charge in [-0.2, -0.15) is 5.10 Å². The molecule has 6 heteroatoms. The Labute approximate surface area is 147 Å². The molecule has 1 aromatic heterocycles. The van der Waals surface area contributed by atoms with Gasteiger partial charge in [-0.05, 0) is 49.1 Å². The van der Waals surface area contributed by atoms with Crippen LogP contribution in [0.3, 0.4) is 0 Å². The van der Waals surface area contributed by atoms with E-state index in [1.807, 2.05) is 24.3 Å². The van der Waals surface area contributed by atoms with E-state index in [4.69, 9.17) is 12.2 Å². The molecule has 126 valence electrons. The van der Waals surface area contributed by atoms with E-state index in [0.29, 0.717) is 4.64 Å². The first-order chi connectivity index (χ1) is 11.7. The van der Waals surface area contributed by atoms with Crippen molar-refractivity contribution in [2.75, 3.05) is 23.3 Å². The largest absolute Gasteiger partial charge is 0.355 e. The summed E-state index contributed by atoms with van der Waals surface area (Å²) in [5, 5.41) is 10.1. The van der Waals surface area contributed by atoms with Crippen LogP contribution in [0.4, 0.5) is 11.5 Å². The summed E-state index contributed by atoms with van der Waals surface area (Å²) < 4.78 is 0.627. The summed E-state index contributed by atoms with van der Waals surface area (Å²) in [7, 11) is 0. The fourth-order valence-electron chi connectivity index (χ4n) is 2.95. The van der Waals surface area contributed by atoms with Crippen molar-refractivity contribution in [1.29, 1.82) is 0 Å². The first-order valence-corrected chi connectivity index (χ1v) is 8.77. The highest BCUT2D eigenvalue weighted by molar-refractivity contribution is 7.71. The van der Waals surface area contributed by atoms with Gasteiger partial charge in [0, 0.05) is 24.7 Å². The standard InChI is InChI=1S/C18H22N4OS/c1-2-13-3-5-15(6-4-13)19-18(23)14-9-11-22(12-10-14)16-7-8-17(24)21-20-16/h3-8,14H,2,9-12H2,1H3,(H,19,23)(H,21,24). The van der Waals surface area contributed by atoms with E-state index >= 15 is 0 Å². The number of aromatic amines is 1. The van der Waals surface area contributed by atoms with Crippen LogP contribution in [-0.4, -0.2) is 29.2 Å². The number of nitrogens with zero attached hydrogens (tertiary/aromatic N) is 2. The number of anilines is 2.